The van der Waals surface area contributed by atoms with Crippen molar-refractivity contribution in [1.29, 1.82) is 0 Å². The number of carbonyl (C=O) groups excluding carboxylic acids is 1. The molecule has 0 aliphatic heterocycles. The first kappa shape index (κ1) is 16.0. The van der Waals surface area contributed by atoms with Crippen molar-refractivity contribution in [2.45, 2.75) is 57.9 Å². The van der Waals surface area contributed by atoms with Gasteiger partial charge in [-0.2, -0.15) is 0 Å². The molecule has 0 aromatic carbocycles. The minimum Gasteiger partial charge on any atom is -0.480 e. The van der Waals surface area contributed by atoms with Crippen LogP contribution in [0.25, 0.3) is 0 Å². The third-order valence-electron chi connectivity index (χ3n) is 4.61. The topological polar surface area (TPSA) is 83.6 Å². The highest BCUT2D eigenvalue weighted by atomic mass is 16.4. The van der Waals surface area contributed by atoms with Gasteiger partial charge in [0.25, 0.3) is 0 Å². The summed E-state index contributed by atoms with van der Waals surface area (Å²) in [5.41, 5.74) is 4.56. The number of likely N-dealkylation sites (N-methyl/N-ethyl adjacent to an activating group) is 1. The zero-order valence-corrected chi connectivity index (χ0v) is 12.2. The summed E-state index contributed by atoms with van der Waals surface area (Å²) in [4.78, 5) is 24.9. The second-order valence-electron chi connectivity index (χ2n) is 6.26. The molecule has 0 spiro atoms. The molecule has 5 nitrogen and oxygen atoms in total. The number of hydrogen-bond acceptors (Lipinski definition) is 3. The van der Waals surface area contributed by atoms with Crippen LogP contribution >= 0.6 is 0 Å². The number of nitrogens with two attached hydrogens (primary N) is 1. The molecule has 110 valence electrons. The van der Waals surface area contributed by atoms with Crippen molar-refractivity contribution < 1.29 is 14.7 Å². The van der Waals surface area contributed by atoms with Crippen molar-refractivity contribution in [2.24, 2.45) is 11.1 Å². The smallest absolute Gasteiger partial charge is 0.329 e. The summed E-state index contributed by atoms with van der Waals surface area (Å²) in [5, 5.41) is 9.17. The van der Waals surface area contributed by atoms with Gasteiger partial charge < -0.3 is 15.7 Å². The molecule has 5 heteroatoms. The van der Waals surface area contributed by atoms with Gasteiger partial charge in [0.05, 0.1) is 0 Å². The molecule has 0 heterocycles. The van der Waals surface area contributed by atoms with Crippen molar-refractivity contribution in [3.63, 3.8) is 0 Å². The van der Waals surface area contributed by atoms with Crippen LogP contribution in [0.4, 0.5) is 0 Å². The lowest BCUT2D eigenvalue weighted by atomic mass is 9.71. The van der Waals surface area contributed by atoms with E-state index in [0.29, 0.717) is 13.0 Å². The van der Waals surface area contributed by atoms with Crippen molar-refractivity contribution in [2.75, 3.05) is 13.6 Å². The third kappa shape index (κ3) is 3.47. The molecule has 1 saturated carbocycles. The number of rotatable bonds is 5. The van der Waals surface area contributed by atoms with E-state index in [1.54, 1.807) is 20.9 Å². The zero-order valence-electron chi connectivity index (χ0n) is 12.2. The van der Waals surface area contributed by atoms with E-state index in [4.69, 9.17) is 10.8 Å². The maximum absolute atomic E-state index is 12.3. The van der Waals surface area contributed by atoms with Gasteiger partial charge in [-0.25, -0.2) is 4.79 Å². The van der Waals surface area contributed by atoms with Gasteiger partial charge in [-0.3, -0.25) is 4.79 Å². The summed E-state index contributed by atoms with van der Waals surface area (Å²) >= 11 is 0. The molecule has 19 heavy (non-hydrogen) atoms. The Kier molecular flexibility index (Phi) is 4.96. The minimum absolute atomic E-state index is 0.125. The lowest BCUT2D eigenvalue weighted by Crippen LogP contribution is -2.52. The van der Waals surface area contributed by atoms with Gasteiger partial charge in [-0.05, 0) is 38.6 Å². The summed E-state index contributed by atoms with van der Waals surface area (Å²) in [6.07, 6.45) is 5.71. The van der Waals surface area contributed by atoms with Crippen LogP contribution in [0.3, 0.4) is 0 Å². The zero-order chi connectivity index (χ0) is 14.7. The Morgan fingerprint density at radius 2 is 1.79 bits per heavy atom. The third-order valence-corrected chi connectivity index (χ3v) is 4.61. The fraction of sp³-hybridized carbons (Fsp3) is 0.857. The van der Waals surface area contributed by atoms with E-state index in [9.17, 15) is 9.59 Å². The molecule has 1 amide bonds. The van der Waals surface area contributed by atoms with Gasteiger partial charge in [-0.1, -0.05) is 19.3 Å². The van der Waals surface area contributed by atoms with Crippen molar-refractivity contribution in [3.8, 4) is 0 Å². The normalized spacial score (nSPS) is 18.9. The van der Waals surface area contributed by atoms with E-state index < -0.39 is 11.5 Å². The van der Waals surface area contributed by atoms with Crippen LogP contribution in [-0.4, -0.2) is 41.0 Å². The number of carbonyl (C=O) groups is 2. The predicted octanol–water partition coefficient (Wildman–Crippen LogP) is 1.61. The number of carboxylic acid groups (broad SMARTS) is 1. The van der Waals surface area contributed by atoms with Gasteiger partial charge in [0.1, 0.15) is 5.54 Å². The fourth-order valence-corrected chi connectivity index (χ4v) is 2.65. The highest BCUT2D eigenvalue weighted by molar-refractivity contribution is 5.86. The molecule has 0 atom stereocenters. The minimum atomic E-state index is -1.18. The van der Waals surface area contributed by atoms with Crippen LogP contribution in [0, 0.1) is 5.41 Å². The molecule has 1 fully saturated rings. The van der Waals surface area contributed by atoms with Gasteiger partial charge in [-0.15, -0.1) is 0 Å². The van der Waals surface area contributed by atoms with E-state index in [2.05, 4.69) is 0 Å². The number of hydrogen-bond donors (Lipinski definition) is 2. The maximum Gasteiger partial charge on any atom is 0.329 e. The molecule has 3 N–H and O–H groups in total. The first-order valence-electron chi connectivity index (χ1n) is 6.95. The highest BCUT2D eigenvalue weighted by Crippen LogP contribution is 2.39. The Hall–Kier alpha value is -1.10. The molecule has 0 aromatic rings. The molecule has 0 radical (unpaired) electrons. The maximum atomic E-state index is 12.3. The first-order valence-corrected chi connectivity index (χ1v) is 6.95. The van der Waals surface area contributed by atoms with Gasteiger partial charge in [0, 0.05) is 13.5 Å². The van der Waals surface area contributed by atoms with E-state index >= 15 is 0 Å². The summed E-state index contributed by atoms with van der Waals surface area (Å²) in [6, 6.07) is 0. The lowest BCUT2D eigenvalue weighted by Gasteiger charge is -2.39. The molecule has 1 aliphatic rings. The quantitative estimate of drug-likeness (QED) is 0.795. The standard InChI is InChI=1S/C14H26N2O3/c1-13(2,12(18)19)16(3)11(17)9-14(10-15)7-5-4-6-8-14/h4-10,15H2,1-3H3,(H,18,19). The van der Waals surface area contributed by atoms with E-state index in [-0.39, 0.29) is 11.3 Å². The van der Waals surface area contributed by atoms with E-state index in [0.717, 1.165) is 25.7 Å². The highest BCUT2D eigenvalue weighted by Gasteiger charge is 2.39. The summed E-state index contributed by atoms with van der Waals surface area (Å²) in [6.45, 7) is 3.59. The molecule has 0 aromatic heterocycles. The predicted molar refractivity (Wildman–Crippen MR) is 73.7 cm³/mol. The van der Waals surface area contributed by atoms with Gasteiger partial charge >= 0.3 is 5.97 Å². The van der Waals surface area contributed by atoms with E-state index in [1.807, 2.05) is 0 Å². The monoisotopic (exact) mass is 270 g/mol. The molecule has 0 unspecified atom stereocenters. The molecule has 0 bridgehead atoms. The number of amides is 1. The number of carboxylic acids is 1. The number of nitrogens with zero attached hydrogens (tertiary/aromatic N) is 1. The van der Waals surface area contributed by atoms with Crippen LogP contribution in [0.15, 0.2) is 0 Å². The molecular weight excluding hydrogens is 244 g/mol. The second kappa shape index (κ2) is 5.90. The Bertz CT molecular complexity index is 347. The largest absolute Gasteiger partial charge is 0.480 e. The van der Waals surface area contributed by atoms with Gasteiger partial charge in [0.15, 0.2) is 0 Å². The van der Waals surface area contributed by atoms with E-state index in [1.165, 1.54) is 11.3 Å². The average Bonchev–Trinajstić information content (AvgIpc) is 2.38. The summed E-state index contributed by atoms with van der Waals surface area (Å²) in [7, 11) is 1.56. The van der Waals surface area contributed by atoms with Crippen LogP contribution in [0.2, 0.25) is 0 Å². The summed E-state index contributed by atoms with van der Waals surface area (Å²) < 4.78 is 0. The van der Waals surface area contributed by atoms with Crippen molar-refractivity contribution in [1.82, 2.24) is 4.90 Å². The van der Waals surface area contributed by atoms with Gasteiger partial charge in [0.2, 0.25) is 5.91 Å². The Morgan fingerprint density at radius 1 is 1.26 bits per heavy atom. The van der Waals surface area contributed by atoms with Crippen LogP contribution in [0.1, 0.15) is 52.4 Å². The van der Waals surface area contributed by atoms with Crippen LogP contribution < -0.4 is 5.73 Å². The lowest BCUT2D eigenvalue weighted by molar-refractivity contribution is -0.156. The van der Waals surface area contributed by atoms with Crippen molar-refractivity contribution in [3.05, 3.63) is 0 Å². The molecule has 1 aliphatic carbocycles. The molecule has 0 saturated heterocycles. The first-order chi connectivity index (χ1) is 8.75. The Balaban J connectivity index is 2.75. The average molecular weight is 270 g/mol. The van der Waals surface area contributed by atoms with Crippen LogP contribution in [-0.2, 0) is 9.59 Å². The fourth-order valence-electron chi connectivity index (χ4n) is 2.65. The SMILES string of the molecule is CN(C(=O)CC1(CN)CCCCC1)C(C)(C)C(=O)O. The van der Waals surface area contributed by atoms with Crippen molar-refractivity contribution >= 4 is 11.9 Å². The number of aliphatic carboxylic acids is 1. The van der Waals surface area contributed by atoms with Crippen LogP contribution in [0.5, 0.6) is 0 Å². The molecular formula is C14H26N2O3. The second-order valence-corrected chi connectivity index (χ2v) is 6.26. The Morgan fingerprint density at radius 3 is 2.21 bits per heavy atom. The Labute approximate surface area is 115 Å². The molecule has 1 rings (SSSR count). The summed E-state index contributed by atoms with van der Waals surface area (Å²) in [5.74, 6) is -1.12.